The molecule has 3 nitrogen and oxygen atoms in total. The van der Waals surface area contributed by atoms with E-state index in [2.05, 4.69) is 179 Å². The summed E-state index contributed by atoms with van der Waals surface area (Å²) in [6, 6.07) is 59.7. The van der Waals surface area contributed by atoms with E-state index in [0.717, 1.165) is 11.4 Å². The van der Waals surface area contributed by atoms with Crippen molar-refractivity contribution in [2.24, 2.45) is 0 Å². The molecule has 2 unspecified atom stereocenters. The molecular formula is C44H31N3. The van der Waals surface area contributed by atoms with Gasteiger partial charge in [0.15, 0.2) is 0 Å². The van der Waals surface area contributed by atoms with Gasteiger partial charge < -0.3 is 15.2 Å². The largest absolute Gasteiger partial charge is 0.373 e. The van der Waals surface area contributed by atoms with E-state index in [9.17, 15) is 0 Å². The minimum absolute atomic E-state index is 0.0210. The van der Waals surface area contributed by atoms with Crippen LogP contribution in [0.4, 0.5) is 11.4 Å². The Hall–Kier alpha value is -6.06. The summed E-state index contributed by atoms with van der Waals surface area (Å²) in [5.41, 5.74) is 8.36. The number of benzene rings is 8. The zero-order valence-electron chi connectivity index (χ0n) is 25.7. The Labute approximate surface area is 272 Å². The predicted octanol–water partition coefficient (Wildman–Crippen LogP) is 11.7. The van der Waals surface area contributed by atoms with Crippen LogP contribution in [0.15, 0.2) is 164 Å². The van der Waals surface area contributed by atoms with Gasteiger partial charge in [0.2, 0.25) is 0 Å². The van der Waals surface area contributed by atoms with E-state index >= 15 is 0 Å². The van der Waals surface area contributed by atoms with E-state index in [1.807, 2.05) is 0 Å². The van der Waals surface area contributed by atoms with E-state index in [1.54, 1.807) is 0 Å². The van der Waals surface area contributed by atoms with Gasteiger partial charge >= 0.3 is 0 Å². The van der Waals surface area contributed by atoms with Crippen molar-refractivity contribution in [3.8, 4) is 11.1 Å². The lowest BCUT2D eigenvalue weighted by Gasteiger charge is -2.38. The van der Waals surface area contributed by atoms with Crippen molar-refractivity contribution in [3.63, 3.8) is 0 Å². The molecule has 1 aliphatic rings. The van der Waals surface area contributed by atoms with Crippen molar-refractivity contribution in [2.75, 3.05) is 10.6 Å². The van der Waals surface area contributed by atoms with E-state index < -0.39 is 0 Å². The lowest BCUT2D eigenvalue weighted by Crippen LogP contribution is -2.34. The fraction of sp³-hybridized carbons (Fsp3) is 0.0455. The van der Waals surface area contributed by atoms with Gasteiger partial charge in [-0.25, -0.2) is 0 Å². The first-order valence-electron chi connectivity index (χ1n) is 16.3. The highest BCUT2D eigenvalue weighted by atomic mass is 15.3. The number of para-hydroxylation sites is 2. The van der Waals surface area contributed by atoms with E-state index in [0.29, 0.717) is 0 Å². The van der Waals surface area contributed by atoms with E-state index in [-0.39, 0.29) is 12.2 Å². The molecule has 0 saturated heterocycles. The van der Waals surface area contributed by atoms with Crippen molar-refractivity contribution in [3.05, 3.63) is 169 Å². The molecule has 2 atom stereocenters. The van der Waals surface area contributed by atoms with Crippen molar-refractivity contribution in [2.45, 2.75) is 12.2 Å². The molecule has 0 bridgehead atoms. The molecule has 2 N–H and O–H groups in total. The Balaban J connectivity index is 1.19. The smallest absolute Gasteiger partial charge is 0.129 e. The second-order valence-corrected chi connectivity index (χ2v) is 12.7. The normalized spacial score (nSPS) is 16.0. The van der Waals surface area contributed by atoms with Gasteiger partial charge in [0.1, 0.15) is 6.17 Å². The Kier molecular flexibility index (Phi) is 5.70. The van der Waals surface area contributed by atoms with Gasteiger partial charge in [0.05, 0.1) is 28.5 Å². The number of aromatic nitrogens is 1. The molecule has 0 amide bonds. The highest BCUT2D eigenvalue weighted by Gasteiger charge is 2.33. The second kappa shape index (κ2) is 10.2. The third-order valence-electron chi connectivity index (χ3n) is 10.1. The maximum Gasteiger partial charge on any atom is 0.129 e. The monoisotopic (exact) mass is 601 g/mol. The fourth-order valence-electron chi connectivity index (χ4n) is 7.83. The van der Waals surface area contributed by atoms with Gasteiger partial charge in [0, 0.05) is 10.8 Å². The van der Waals surface area contributed by atoms with E-state index in [1.165, 1.54) is 70.8 Å². The van der Waals surface area contributed by atoms with Crippen LogP contribution in [0.5, 0.6) is 0 Å². The van der Waals surface area contributed by atoms with Gasteiger partial charge in [-0.1, -0.05) is 133 Å². The van der Waals surface area contributed by atoms with Crippen molar-refractivity contribution >= 4 is 65.5 Å². The Morgan fingerprint density at radius 3 is 1.57 bits per heavy atom. The zero-order valence-corrected chi connectivity index (χ0v) is 25.7. The Morgan fingerprint density at radius 1 is 0.404 bits per heavy atom. The molecule has 9 aromatic rings. The van der Waals surface area contributed by atoms with Crippen molar-refractivity contribution < 1.29 is 0 Å². The fourth-order valence-corrected chi connectivity index (χ4v) is 7.83. The topological polar surface area (TPSA) is 29.0 Å². The summed E-state index contributed by atoms with van der Waals surface area (Å²) >= 11 is 0. The number of fused-ring (bicyclic) bond motifs is 9. The third kappa shape index (κ3) is 4.06. The van der Waals surface area contributed by atoms with Crippen LogP contribution in [0.3, 0.4) is 0 Å². The molecule has 0 spiro atoms. The van der Waals surface area contributed by atoms with Gasteiger partial charge in [-0.05, 0) is 79.3 Å². The molecule has 1 aliphatic heterocycles. The predicted molar refractivity (Wildman–Crippen MR) is 199 cm³/mol. The van der Waals surface area contributed by atoms with Crippen LogP contribution in [0, 0.1) is 0 Å². The maximum absolute atomic E-state index is 4.00. The first-order chi connectivity index (χ1) is 23.3. The molecule has 8 aromatic carbocycles. The van der Waals surface area contributed by atoms with Crippen LogP contribution in [0.25, 0.3) is 65.3 Å². The number of anilines is 2. The minimum atomic E-state index is -0.0845. The lowest BCUT2D eigenvalue weighted by atomic mass is 9.96. The number of nitrogens with one attached hydrogen (secondary N) is 2. The quantitative estimate of drug-likeness (QED) is 0.211. The standard InChI is InChI=1S/C44H31N3/c1-2-12-33-27-34(22-19-28(33)9-1)29-17-20-32(21-18-29)43-44(46-38-16-8-7-15-37(38)45-43)47-39-25-23-30-10-3-5-13-35(30)41(39)42-36-14-6-4-11-31(36)24-26-40(42)47/h1-27,43-46H. The molecule has 2 heterocycles. The SMILES string of the molecule is c1ccc2c(c1)NC(c1ccc(-c3ccc4ccccc4c3)cc1)C(n1c3ccc4ccccc4c3c3c4ccccc4ccc31)N2. The van der Waals surface area contributed by atoms with Crippen LogP contribution in [0.2, 0.25) is 0 Å². The molecule has 10 rings (SSSR count). The van der Waals surface area contributed by atoms with Gasteiger partial charge in [-0.3, -0.25) is 0 Å². The number of hydrogen-bond acceptors (Lipinski definition) is 2. The highest BCUT2D eigenvalue weighted by molar-refractivity contribution is 6.28. The summed E-state index contributed by atoms with van der Waals surface area (Å²) in [5.74, 6) is 0. The van der Waals surface area contributed by atoms with Crippen LogP contribution < -0.4 is 10.6 Å². The van der Waals surface area contributed by atoms with Crippen LogP contribution in [-0.2, 0) is 0 Å². The second-order valence-electron chi connectivity index (χ2n) is 12.7. The maximum atomic E-state index is 4.00. The third-order valence-corrected chi connectivity index (χ3v) is 10.1. The van der Waals surface area contributed by atoms with Gasteiger partial charge in [-0.15, -0.1) is 0 Å². The molecular weight excluding hydrogens is 571 g/mol. The van der Waals surface area contributed by atoms with E-state index in [4.69, 9.17) is 0 Å². The molecule has 3 heteroatoms. The molecule has 0 aliphatic carbocycles. The molecule has 222 valence electrons. The molecule has 0 saturated carbocycles. The molecule has 47 heavy (non-hydrogen) atoms. The molecule has 1 aromatic heterocycles. The Morgan fingerprint density at radius 2 is 0.915 bits per heavy atom. The summed E-state index contributed by atoms with van der Waals surface area (Å²) in [6.45, 7) is 0. The summed E-state index contributed by atoms with van der Waals surface area (Å²) in [5, 5.41) is 18.2. The minimum Gasteiger partial charge on any atom is -0.373 e. The summed E-state index contributed by atoms with van der Waals surface area (Å²) in [4.78, 5) is 0. The van der Waals surface area contributed by atoms with Gasteiger partial charge in [0.25, 0.3) is 0 Å². The summed E-state index contributed by atoms with van der Waals surface area (Å²) in [7, 11) is 0. The number of nitrogens with zero attached hydrogens (tertiary/aromatic N) is 1. The summed E-state index contributed by atoms with van der Waals surface area (Å²) < 4.78 is 2.54. The zero-order chi connectivity index (χ0) is 30.9. The van der Waals surface area contributed by atoms with Crippen LogP contribution >= 0.6 is 0 Å². The van der Waals surface area contributed by atoms with Gasteiger partial charge in [-0.2, -0.15) is 0 Å². The lowest BCUT2D eigenvalue weighted by molar-refractivity contribution is 0.506. The molecule has 0 fully saturated rings. The number of rotatable bonds is 3. The average molecular weight is 602 g/mol. The van der Waals surface area contributed by atoms with Crippen molar-refractivity contribution in [1.29, 1.82) is 0 Å². The molecule has 0 radical (unpaired) electrons. The average Bonchev–Trinajstić information content (AvgIpc) is 3.49. The van der Waals surface area contributed by atoms with Crippen LogP contribution in [0.1, 0.15) is 17.8 Å². The van der Waals surface area contributed by atoms with Crippen LogP contribution in [-0.4, -0.2) is 4.57 Å². The number of hydrogen-bond donors (Lipinski definition) is 2. The first kappa shape index (κ1) is 26.2. The highest BCUT2D eigenvalue weighted by Crippen LogP contribution is 2.46. The summed E-state index contributed by atoms with van der Waals surface area (Å²) in [6.07, 6.45) is -0.0845. The Bertz CT molecular complexity index is 2560. The van der Waals surface area contributed by atoms with Crippen molar-refractivity contribution in [1.82, 2.24) is 4.57 Å². The first-order valence-corrected chi connectivity index (χ1v) is 16.3.